The van der Waals surface area contributed by atoms with E-state index in [-0.39, 0.29) is 22.2 Å². The fraction of sp³-hybridized carbons (Fsp3) is 0.111. The van der Waals surface area contributed by atoms with Gasteiger partial charge in [-0.3, -0.25) is 4.72 Å². The van der Waals surface area contributed by atoms with Gasteiger partial charge in [-0.25, -0.2) is 17.2 Å². The van der Waals surface area contributed by atoms with Gasteiger partial charge in [0.05, 0.1) is 10.6 Å². The number of aryl methyl sites for hydroxylation is 1. The van der Waals surface area contributed by atoms with Crippen LogP contribution in [0.4, 0.5) is 26.1 Å². The third kappa shape index (κ3) is 4.56. The predicted octanol–water partition coefficient (Wildman–Crippen LogP) is 3.86. The molecule has 0 radical (unpaired) electrons. The van der Waals surface area contributed by atoms with Crippen LogP contribution in [-0.2, 0) is 16.4 Å². The van der Waals surface area contributed by atoms with Gasteiger partial charge in [-0.2, -0.15) is 0 Å². The zero-order valence-corrected chi connectivity index (χ0v) is 15.1. The summed E-state index contributed by atoms with van der Waals surface area (Å²) in [6.07, 6.45) is 0.808. The second-order valence-corrected chi connectivity index (χ2v) is 7.34. The van der Waals surface area contributed by atoms with E-state index in [0.717, 1.165) is 24.1 Å². The van der Waals surface area contributed by atoms with Crippen LogP contribution in [0.25, 0.3) is 0 Å². The maximum Gasteiger partial charge on any atom is 0.263 e. The molecule has 0 bridgehead atoms. The van der Waals surface area contributed by atoms with Gasteiger partial charge in [-0.15, -0.1) is 10.2 Å². The molecule has 0 atom stereocenters. The van der Waals surface area contributed by atoms with Crippen LogP contribution in [0, 0.1) is 11.6 Å². The number of aromatic nitrogens is 2. The van der Waals surface area contributed by atoms with E-state index in [4.69, 9.17) is 0 Å². The van der Waals surface area contributed by atoms with Crippen molar-refractivity contribution >= 4 is 27.3 Å². The fourth-order valence-electron chi connectivity index (χ4n) is 2.28. The maximum absolute atomic E-state index is 13.6. The second kappa shape index (κ2) is 7.67. The molecule has 6 nitrogen and oxygen atoms in total. The minimum atomic E-state index is -3.80. The molecule has 3 rings (SSSR count). The molecule has 1 aromatic heterocycles. The Morgan fingerprint density at radius 1 is 0.926 bits per heavy atom. The van der Waals surface area contributed by atoms with Gasteiger partial charge in [0, 0.05) is 6.07 Å². The molecule has 2 aromatic carbocycles. The van der Waals surface area contributed by atoms with Gasteiger partial charge < -0.3 is 5.32 Å². The molecular weight excluding hydrogens is 374 g/mol. The van der Waals surface area contributed by atoms with Gasteiger partial charge in [0.2, 0.25) is 0 Å². The van der Waals surface area contributed by atoms with Gasteiger partial charge in [0.1, 0.15) is 11.6 Å². The molecule has 27 heavy (non-hydrogen) atoms. The Balaban J connectivity index is 1.72. The molecule has 0 amide bonds. The highest BCUT2D eigenvalue weighted by atomic mass is 32.2. The van der Waals surface area contributed by atoms with Crippen molar-refractivity contribution in [1.29, 1.82) is 0 Å². The summed E-state index contributed by atoms with van der Waals surface area (Å²) in [6.45, 7) is 1.98. The number of nitrogens with zero attached hydrogens (tertiary/aromatic N) is 2. The van der Waals surface area contributed by atoms with E-state index >= 15 is 0 Å². The zero-order valence-electron chi connectivity index (χ0n) is 14.3. The first-order chi connectivity index (χ1) is 12.9. The van der Waals surface area contributed by atoms with Crippen molar-refractivity contribution in [1.82, 2.24) is 10.2 Å². The van der Waals surface area contributed by atoms with Crippen LogP contribution in [0.15, 0.2) is 59.5 Å². The lowest BCUT2D eigenvalue weighted by atomic mass is 10.2. The molecule has 140 valence electrons. The number of benzene rings is 2. The minimum absolute atomic E-state index is 0.0136. The first kappa shape index (κ1) is 18.7. The van der Waals surface area contributed by atoms with E-state index in [0.29, 0.717) is 0 Å². The van der Waals surface area contributed by atoms with E-state index in [1.165, 1.54) is 30.3 Å². The van der Waals surface area contributed by atoms with E-state index in [1.54, 1.807) is 12.1 Å². The molecule has 3 aromatic rings. The summed E-state index contributed by atoms with van der Waals surface area (Å²) in [4.78, 5) is 0.108. The molecule has 0 aliphatic heterocycles. The molecule has 0 spiro atoms. The van der Waals surface area contributed by atoms with Crippen LogP contribution in [0.3, 0.4) is 0 Å². The zero-order chi connectivity index (χ0) is 19.4. The van der Waals surface area contributed by atoms with Crippen LogP contribution in [0.5, 0.6) is 0 Å². The molecule has 0 unspecified atom stereocenters. The van der Waals surface area contributed by atoms with E-state index < -0.39 is 21.7 Å². The van der Waals surface area contributed by atoms with Crippen LogP contribution in [0.2, 0.25) is 0 Å². The molecule has 0 fully saturated rings. The number of nitrogens with one attached hydrogen (secondary N) is 2. The van der Waals surface area contributed by atoms with Crippen LogP contribution < -0.4 is 10.0 Å². The highest BCUT2D eigenvalue weighted by Crippen LogP contribution is 2.20. The first-order valence-corrected chi connectivity index (χ1v) is 9.53. The normalized spacial score (nSPS) is 11.2. The van der Waals surface area contributed by atoms with Crippen molar-refractivity contribution in [3.63, 3.8) is 0 Å². The monoisotopic (exact) mass is 390 g/mol. The Bertz CT molecular complexity index is 1040. The van der Waals surface area contributed by atoms with Crippen molar-refractivity contribution in [2.24, 2.45) is 0 Å². The predicted molar refractivity (Wildman–Crippen MR) is 98.3 cm³/mol. The number of anilines is 3. The van der Waals surface area contributed by atoms with E-state index in [9.17, 15) is 17.2 Å². The van der Waals surface area contributed by atoms with Crippen molar-refractivity contribution in [2.45, 2.75) is 18.2 Å². The van der Waals surface area contributed by atoms with E-state index in [1.807, 2.05) is 6.92 Å². The number of hydrogen-bond donors (Lipinski definition) is 2. The van der Waals surface area contributed by atoms with Gasteiger partial charge in [-0.05, 0) is 48.4 Å². The van der Waals surface area contributed by atoms with Crippen molar-refractivity contribution in [3.05, 3.63) is 71.8 Å². The van der Waals surface area contributed by atoms with Gasteiger partial charge in [0.15, 0.2) is 11.6 Å². The van der Waals surface area contributed by atoms with Gasteiger partial charge >= 0.3 is 0 Å². The summed E-state index contributed by atoms with van der Waals surface area (Å²) in [5.41, 5.74) is 1.05. The van der Waals surface area contributed by atoms with Gasteiger partial charge in [0.25, 0.3) is 10.0 Å². The molecule has 0 aliphatic rings. The van der Waals surface area contributed by atoms with Crippen LogP contribution >= 0.6 is 0 Å². The quantitative estimate of drug-likeness (QED) is 0.668. The standard InChI is InChI=1S/C18H16F2N4O2S/c1-2-12-3-6-14(7-4-12)27(25,26)24-18-10-9-17(22-23-18)21-16-8-5-13(19)11-15(16)20/h3-11H,2H2,1H3,(H,21,22)(H,23,24). The number of hydrogen-bond acceptors (Lipinski definition) is 5. The van der Waals surface area contributed by atoms with Gasteiger partial charge in [-0.1, -0.05) is 19.1 Å². The summed E-state index contributed by atoms with van der Waals surface area (Å²) < 4.78 is 53.6. The maximum atomic E-state index is 13.6. The van der Waals surface area contributed by atoms with Crippen molar-refractivity contribution in [2.75, 3.05) is 10.0 Å². The Morgan fingerprint density at radius 3 is 2.19 bits per heavy atom. The van der Waals surface area contributed by atoms with Crippen LogP contribution in [0.1, 0.15) is 12.5 Å². The third-order valence-corrected chi connectivity index (χ3v) is 5.11. The summed E-state index contributed by atoms with van der Waals surface area (Å²) in [5, 5.41) is 10.2. The minimum Gasteiger partial charge on any atom is -0.336 e. The first-order valence-electron chi connectivity index (χ1n) is 8.05. The summed E-state index contributed by atoms with van der Waals surface area (Å²) in [6, 6.07) is 12.4. The summed E-state index contributed by atoms with van der Waals surface area (Å²) in [5.74, 6) is -1.28. The smallest absolute Gasteiger partial charge is 0.263 e. The summed E-state index contributed by atoms with van der Waals surface area (Å²) >= 11 is 0. The Hall–Kier alpha value is -3.07. The average Bonchev–Trinajstić information content (AvgIpc) is 2.65. The Kier molecular flexibility index (Phi) is 5.31. The molecule has 9 heteroatoms. The topological polar surface area (TPSA) is 84.0 Å². The molecule has 0 saturated carbocycles. The number of rotatable bonds is 6. The lowest BCUT2D eigenvalue weighted by molar-refractivity contribution is 0.586. The Labute approximate surface area is 155 Å². The largest absolute Gasteiger partial charge is 0.336 e. The fourth-order valence-corrected chi connectivity index (χ4v) is 3.28. The average molecular weight is 390 g/mol. The van der Waals surface area contributed by atoms with Crippen molar-refractivity contribution in [3.8, 4) is 0 Å². The second-order valence-electron chi connectivity index (χ2n) is 5.66. The number of halogens is 2. The Morgan fingerprint density at radius 2 is 1.59 bits per heavy atom. The molecular formula is C18H16F2N4O2S. The molecule has 0 aliphatic carbocycles. The summed E-state index contributed by atoms with van der Waals surface area (Å²) in [7, 11) is -3.80. The van der Waals surface area contributed by atoms with Crippen LogP contribution in [-0.4, -0.2) is 18.6 Å². The molecule has 2 N–H and O–H groups in total. The molecule has 1 heterocycles. The lowest BCUT2D eigenvalue weighted by Gasteiger charge is -2.09. The SMILES string of the molecule is CCc1ccc(S(=O)(=O)Nc2ccc(Nc3ccc(F)cc3F)nn2)cc1. The third-order valence-electron chi connectivity index (χ3n) is 3.74. The highest BCUT2D eigenvalue weighted by molar-refractivity contribution is 7.92. The highest BCUT2D eigenvalue weighted by Gasteiger charge is 2.15. The van der Waals surface area contributed by atoms with Crippen molar-refractivity contribution < 1.29 is 17.2 Å². The van der Waals surface area contributed by atoms with E-state index in [2.05, 4.69) is 20.2 Å². The molecule has 0 saturated heterocycles. The number of sulfonamides is 1. The lowest BCUT2D eigenvalue weighted by Crippen LogP contribution is -2.14.